The second kappa shape index (κ2) is 45.9. The number of hydrogen-bond donors (Lipinski definition) is 3. The number of nitrogens with one attached hydrogen (secondary N) is 1. The first kappa shape index (κ1) is 55.8. The first-order valence-corrected chi connectivity index (χ1v) is 24.0. The summed E-state index contributed by atoms with van der Waals surface area (Å²) in [6.45, 7) is 6.26. The minimum atomic E-state index is -0.810. The van der Waals surface area contributed by atoms with Crippen molar-refractivity contribution in [3.63, 3.8) is 0 Å². The lowest BCUT2D eigenvalue weighted by molar-refractivity contribution is -0.151. The molecule has 0 heterocycles. The zero-order valence-corrected chi connectivity index (χ0v) is 38.1. The smallest absolute Gasteiger partial charge is 0.306 e. The highest BCUT2D eigenvalue weighted by molar-refractivity contribution is 5.77. The summed E-state index contributed by atoms with van der Waals surface area (Å²) < 4.78 is 5.88. The number of carbonyl (C=O) groups excluding carboxylic acids is 2. The Kier molecular flexibility index (Phi) is 43.4. The molecule has 0 aromatic heterocycles. The average molecular weight is 820 g/mol. The summed E-state index contributed by atoms with van der Waals surface area (Å²) in [5.41, 5.74) is 0. The quantitative estimate of drug-likeness (QED) is 0.0247. The van der Waals surface area contributed by atoms with Crippen LogP contribution in [0.3, 0.4) is 0 Å². The van der Waals surface area contributed by atoms with Crippen molar-refractivity contribution >= 4 is 11.9 Å². The predicted octanol–water partition coefficient (Wildman–Crippen LogP) is 14.2. The largest absolute Gasteiger partial charge is 0.462 e. The standard InChI is InChI=1S/C53H89NO5/c1-4-7-10-13-16-19-22-24-26-28-30-32-35-38-41-44-49(59-53(58)46-43-40-37-34-31-29-27-25-23-20-17-14-11-8-5-2)47-52(57)54-50(48-55)51(56)45-42-39-36-33-21-18-15-12-9-6-3/h8,11,14,16-17,19-20,23-27,29-32,49-51,55-56H,4-7,9-10,12-13,15,18,21-22,28,33-48H2,1-3H3,(H,54,57)/b11-8+,17-14+,19-16-,23-20-,26-24-,27-25-,31-29+,32-30-. The Morgan fingerprint density at radius 1 is 0.525 bits per heavy atom. The molecule has 0 aromatic rings. The van der Waals surface area contributed by atoms with E-state index in [1.165, 1.54) is 70.6 Å². The molecule has 6 nitrogen and oxygen atoms in total. The molecule has 0 aromatic carbocycles. The van der Waals surface area contributed by atoms with Gasteiger partial charge in [0, 0.05) is 6.42 Å². The molecule has 0 radical (unpaired) electrons. The molecule has 3 atom stereocenters. The summed E-state index contributed by atoms with van der Waals surface area (Å²) in [4.78, 5) is 26.0. The summed E-state index contributed by atoms with van der Waals surface area (Å²) in [5, 5.41) is 23.6. The van der Waals surface area contributed by atoms with E-state index in [2.05, 4.69) is 80.8 Å². The van der Waals surface area contributed by atoms with Crippen LogP contribution in [-0.4, -0.2) is 46.9 Å². The van der Waals surface area contributed by atoms with E-state index in [1.54, 1.807) is 0 Å². The van der Waals surface area contributed by atoms with Gasteiger partial charge in [0.1, 0.15) is 6.10 Å². The van der Waals surface area contributed by atoms with Gasteiger partial charge in [-0.15, -0.1) is 0 Å². The number of amides is 1. The van der Waals surface area contributed by atoms with Crippen molar-refractivity contribution in [2.45, 2.75) is 219 Å². The molecule has 0 saturated carbocycles. The number of unbranched alkanes of at least 4 members (excludes halogenated alkanes) is 17. The van der Waals surface area contributed by atoms with E-state index in [-0.39, 0.29) is 24.9 Å². The van der Waals surface area contributed by atoms with E-state index in [1.807, 2.05) is 42.5 Å². The van der Waals surface area contributed by atoms with Crippen molar-refractivity contribution in [3.05, 3.63) is 97.2 Å². The van der Waals surface area contributed by atoms with Gasteiger partial charge in [-0.3, -0.25) is 9.59 Å². The molecule has 0 bridgehead atoms. The van der Waals surface area contributed by atoms with Gasteiger partial charge < -0.3 is 20.3 Å². The van der Waals surface area contributed by atoms with E-state index in [0.717, 1.165) is 83.5 Å². The lowest BCUT2D eigenvalue weighted by Crippen LogP contribution is -2.46. The first-order valence-electron chi connectivity index (χ1n) is 24.0. The second-order valence-corrected chi connectivity index (χ2v) is 15.9. The van der Waals surface area contributed by atoms with Crippen LogP contribution in [0.25, 0.3) is 0 Å². The summed E-state index contributed by atoms with van der Waals surface area (Å²) in [6, 6.07) is -0.727. The van der Waals surface area contributed by atoms with Crippen LogP contribution in [0.4, 0.5) is 0 Å². The van der Waals surface area contributed by atoms with Crippen LogP contribution in [0.2, 0.25) is 0 Å². The molecular weight excluding hydrogens is 731 g/mol. The third-order valence-electron chi connectivity index (χ3n) is 10.3. The van der Waals surface area contributed by atoms with Crippen LogP contribution in [0.5, 0.6) is 0 Å². The molecule has 0 fully saturated rings. The average Bonchev–Trinajstić information content (AvgIpc) is 3.23. The molecule has 1 amide bonds. The predicted molar refractivity (Wildman–Crippen MR) is 254 cm³/mol. The van der Waals surface area contributed by atoms with Crippen LogP contribution < -0.4 is 5.32 Å². The SMILES string of the molecule is CC/C=C/C=C/C=C\C=C/C=C/CCCCCC(=O)OC(CCCC/C=C\C/C=C\C/C=C\CCCCC)CC(=O)NC(CO)C(O)CCCCCCCCCCCC. The van der Waals surface area contributed by atoms with E-state index >= 15 is 0 Å². The number of hydrogen-bond acceptors (Lipinski definition) is 5. The van der Waals surface area contributed by atoms with Crippen molar-refractivity contribution in [3.8, 4) is 0 Å². The number of aliphatic hydroxyl groups is 2. The molecule has 0 aliphatic heterocycles. The fourth-order valence-electron chi connectivity index (χ4n) is 6.63. The number of aliphatic hydroxyl groups excluding tert-OH is 2. The topological polar surface area (TPSA) is 95.9 Å². The van der Waals surface area contributed by atoms with E-state index in [0.29, 0.717) is 19.3 Å². The molecule has 0 saturated heterocycles. The van der Waals surface area contributed by atoms with Crippen molar-refractivity contribution in [1.82, 2.24) is 5.32 Å². The minimum absolute atomic E-state index is 0.0284. The van der Waals surface area contributed by atoms with Crippen LogP contribution in [-0.2, 0) is 14.3 Å². The van der Waals surface area contributed by atoms with Gasteiger partial charge >= 0.3 is 5.97 Å². The van der Waals surface area contributed by atoms with Gasteiger partial charge in [-0.25, -0.2) is 0 Å². The van der Waals surface area contributed by atoms with Gasteiger partial charge in [0.05, 0.1) is 25.2 Å². The monoisotopic (exact) mass is 820 g/mol. The lowest BCUT2D eigenvalue weighted by Gasteiger charge is -2.24. The van der Waals surface area contributed by atoms with Gasteiger partial charge in [-0.2, -0.15) is 0 Å². The zero-order chi connectivity index (χ0) is 43.1. The number of allylic oxidation sites excluding steroid dienone is 16. The molecule has 336 valence electrons. The lowest BCUT2D eigenvalue weighted by atomic mass is 10.0. The second-order valence-electron chi connectivity index (χ2n) is 15.9. The number of ether oxygens (including phenoxy) is 1. The van der Waals surface area contributed by atoms with Gasteiger partial charge in [-0.05, 0) is 83.5 Å². The fourth-order valence-corrected chi connectivity index (χ4v) is 6.63. The van der Waals surface area contributed by atoms with Crippen LogP contribution in [0.15, 0.2) is 97.2 Å². The Balaban J connectivity index is 4.79. The van der Waals surface area contributed by atoms with Crippen molar-refractivity contribution in [2.24, 2.45) is 0 Å². The Morgan fingerprint density at radius 3 is 1.58 bits per heavy atom. The summed E-state index contributed by atoms with van der Waals surface area (Å²) >= 11 is 0. The molecule has 0 rings (SSSR count). The molecule has 3 N–H and O–H groups in total. The third-order valence-corrected chi connectivity index (χ3v) is 10.3. The third kappa shape index (κ3) is 41.3. The normalized spacial score (nSPS) is 14.2. The zero-order valence-electron chi connectivity index (χ0n) is 38.1. The molecule has 59 heavy (non-hydrogen) atoms. The maximum absolute atomic E-state index is 13.2. The number of rotatable bonds is 41. The van der Waals surface area contributed by atoms with Crippen LogP contribution in [0.1, 0.15) is 201 Å². The summed E-state index contributed by atoms with van der Waals surface area (Å²) in [7, 11) is 0. The first-order chi connectivity index (χ1) is 29.0. The van der Waals surface area contributed by atoms with Gasteiger partial charge in [0.25, 0.3) is 0 Å². The maximum atomic E-state index is 13.2. The fraction of sp³-hybridized carbons (Fsp3) is 0.660. The van der Waals surface area contributed by atoms with Crippen LogP contribution >= 0.6 is 0 Å². The highest BCUT2D eigenvalue weighted by Crippen LogP contribution is 2.16. The Bertz CT molecular complexity index is 1190. The van der Waals surface area contributed by atoms with E-state index < -0.39 is 18.2 Å². The van der Waals surface area contributed by atoms with Crippen LogP contribution in [0, 0.1) is 0 Å². The van der Waals surface area contributed by atoms with Crippen molar-refractivity contribution in [1.29, 1.82) is 0 Å². The van der Waals surface area contributed by atoms with Gasteiger partial charge in [-0.1, -0.05) is 201 Å². The number of carbonyl (C=O) groups is 2. The van der Waals surface area contributed by atoms with Crippen molar-refractivity contribution < 1.29 is 24.5 Å². The Labute approximate surface area is 363 Å². The molecule has 0 aliphatic rings. The highest BCUT2D eigenvalue weighted by atomic mass is 16.5. The van der Waals surface area contributed by atoms with E-state index in [4.69, 9.17) is 4.74 Å². The summed E-state index contributed by atoms with van der Waals surface area (Å²) in [5.74, 6) is -0.571. The van der Waals surface area contributed by atoms with E-state index in [9.17, 15) is 19.8 Å². The molecule has 3 unspecified atom stereocenters. The number of esters is 1. The molecule has 0 aliphatic carbocycles. The molecular formula is C53H89NO5. The Hall–Kier alpha value is -3.22. The van der Waals surface area contributed by atoms with Gasteiger partial charge in [0.15, 0.2) is 0 Å². The summed E-state index contributed by atoms with van der Waals surface area (Å²) in [6.07, 6.45) is 60.3. The Morgan fingerprint density at radius 2 is 0.983 bits per heavy atom. The minimum Gasteiger partial charge on any atom is -0.462 e. The highest BCUT2D eigenvalue weighted by Gasteiger charge is 2.24. The molecule has 0 spiro atoms. The maximum Gasteiger partial charge on any atom is 0.306 e. The molecule has 6 heteroatoms. The van der Waals surface area contributed by atoms with Gasteiger partial charge in [0.2, 0.25) is 5.91 Å². The van der Waals surface area contributed by atoms with Crippen molar-refractivity contribution in [2.75, 3.05) is 6.61 Å².